The first-order chi connectivity index (χ1) is 29.6. The second-order valence-electron chi connectivity index (χ2n) is 16.6. The third-order valence-electron chi connectivity index (χ3n) is 10.3. The van der Waals surface area contributed by atoms with Gasteiger partial charge in [-0.1, -0.05) is 178 Å². The van der Waals surface area contributed by atoms with Gasteiger partial charge in [-0.25, -0.2) is 4.57 Å². The van der Waals surface area contributed by atoms with Crippen LogP contribution in [0.3, 0.4) is 0 Å². The summed E-state index contributed by atoms with van der Waals surface area (Å²) in [7, 11) is -4.65. The van der Waals surface area contributed by atoms with Crippen molar-refractivity contribution in [3.63, 3.8) is 0 Å². The topological polar surface area (TPSA) is 161 Å². The molecular formula is C49H85O11P. The Labute approximate surface area is 370 Å². The molecule has 12 heteroatoms. The van der Waals surface area contributed by atoms with Gasteiger partial charge in [-0.15, -0.1) is 0 Å². The molecule has 0 spiro atoms. The van der Waals surface area contributed by atoms with E-state index in [1.54, 1.807) is 0 Å². The predicted octanol–water partition coefficient (Wildman–Crippen LogP) is 11.9. The summed E-state index contributed by atoms with van der Waals surface area (Å²) in [5.41, 5.74) is 0. The SMILES string of the molecule is CC/C=C\CC1OC1C/C=C\C/C=C\C/C=C\C/C=C\CCC(=O)O[C@H](COC(=O)CCCCCCCCCCCCCCCCCC(C)C)COP(=O)(O)OC[C@@H](O)CO. The quantitative estimate of drug-likeness (QED) is 0.0176. The van der Waals surface area contributed by atoms with E-state index in [-0.39, 0.29) is 19.4 Å². The number of phosphoric acid groups is 1. The Morgan fingerprint density at radius 1 is 0.623 bits per heavy atom. The van der Waals surface area contributed by atoms with E-state index in [1.807, 2.05) is 12.2 Å². The standard InChI is InChI=1S/C49H85O11P/c1-4-5-29-35-46-47(60-46)36-31-26-22-18-14-11-12-16-20-24-28-33-38-49(53)59-45(42-58-61(54,55)57-40-44(51)39-50)41-56-48(52)37-32-27-23-19-15-10-8-6-7-9-13-17-21-25-30-34-43(2)3/h5,12,14,16,18,24,26,28-29,31,43-47,50-51H,4,6-11,13,15,17,19-23,25,27,30,32-42H2,1-3H3,(H,54,55)/b16-12-,18-14-,28-24-,29-5-,31-26-/t44-,45+,46?,47?/m0/s1. The highest BCUT2D eigenvalue weighted by Gasteiger charge is 2.36. The molecule has 1 aliphatic rings. The molecule has 11 nitrogen and oxygen atoms in total. The molecule has 0 radical (unpaired) electrons. The molecule has 3 N–H and O–H groups in total. The van der Waals surface area contributed by atoms with Crippen molar-refractivity contribution >= 4 is 19.8 Å². The molecule has 1 aliphatic heterocycles. The first-order valence-electron chi connectivity index (χ1n) is 23.7. The van der Waals surface area contributed by atoms with E-state index in [0.717, 1.165) is 63.7 Å². The zero-order valence-electron chi connectivity index (χ0n) is 38.2. The Morgan fingerprint density at radius 3 is 1.62 bits per heavy atom. The molecule has 352 valence electrons. The highest BCUT2D eigenvalue weighted by atomic mass is 31.2. The third kappa shape index (κ3) is 37.9. The van der Waals surface area contributed by atoms with Gasteiger partial charge < -0.3 is 29.3 Å². The van der Waals surface area contributed by atoms with Crippen LogP contribution in [0.5, 0.6) is 0 Å². The smallest absolute Gasteiger partial charge is 0.462 e. The van der Waals surface area contributed by atoms with Crippen molar-refractivity contribution in [3.8, 4) is 0 Å². The second kappa shape index (κ2) is 39.2. The fourth-order valence-electron chi connectivity index (χ4n) is 6.54. The molecule has 0 aromatic carbocycles. The average molecular weight is 881 g/mol. The van der Waals surface area contributed by atoms with Gasteiger partial charge >= 0.3 is 19.8 Å². The number of hydrogen-bond acceptors (Lipinski definition) is 10. The van der Waals surface area contributed by atoms with E-state index in [4.69, 9.17) is 23.8 Å². The van der Waals surface area contributed by atoms with Gasteiger partial charge in [0.1, 0.15) is 12.7 Å². The van der Waals surface area contributed by atoms with Crippen LogP contribution in [0.1, 0.15) is 181 Å². The van der Waals surface area contributed by atoms with Crippen molar-refractivity contribution in [1.82, 2.24) is 0 Å². The molecule has 0 aromatic rings. The predicted molar refractivity (Wildman–Crippen MR) is 246 cm³/mol. The number of phosphoric ester groups is 1. The molecule has 0 aromatic heterocycles. The van der Waals surface area contributed by atoms with E-state index in [9.17, 15) is 24.2 Å². The Bertz CT molecular complexity index is 1280. The van der Waals surface area contributed by atoms with Crippen molar-refractivity contribution < 1.29 is 52.5 Å². The fraction of sp³-hybridized carbons (Fsp3) is 0.755. The maximum absolute atomic E-state index is 12.6. The van der Waals surface area contributed by atoms with Gasteiger partial charge in [-0.05, 0) is 57.3 Å². The van der Waals surface area contributed by atoms with Crippen LogP contribution in [0, 0.1) is 5.92 Å². The fourth-order valence-corrected chi connectivity index (χ4v) is 7.33. The van der Waals surface area contributed by atoms with Crippen LogP contribution < -0.4 is 0 Å². The molecule has 1 saturated heterocycles. The zero-order valence-corrected chi connectivity index (χ0v) is 39.1. The number of allylic oxidation sites excluding steroid dienone is 8. The summed E-state index contributed by atoms with van der Waals surface area (Å²) in [5.74, 6) is -0.200. The summed E-state index contributed by atoms with van der Waals surface area (Å²) in [6.45, 7) is 4.53. The van der Waals surface area contributed by atoms with Crippen LogP contribution >= 0.6 is 7.82 Å². The number of aliphatic hydroxyl groups is 2. The Balaban J connectivity index is 2.25. The molecular weight excluding hydrogens is 796 g/mol. The average Bonchev–Trinajstić information content (AvgIpc) is 3.99. The number of epoxide rings is 1. The van der Waals surface area contributed by atoms with Crippen LogP contribution in [-0.2, 0) is 37.4 Å². The number of rotatable bonds is 42. The van der Waals surface area contributed by atoms with Crippen LogP contribution in [0.15, 0.2) is 60.8 Å². The minimum Gasteiger partial charge on any atom is -0.462 e. The number of aliphatic hydroxyl groups excluding tert-OH is 2. The van der Waals surface area contributed by atoms with Crippen LogP contribution in [0.4, 0.5) is 0 Å². The molecule has 5 atom stereocenters. The van der Waals surface area contributed by atoms with Crippen LogP contribution in [0.2, 0.25) is 0 Å². The first kappa shape index (κ1) is 56.6. The summed E-state index contributed by atoms with van der Waals surface area (Å²) in [4.78, 5) is 35.1. The third-order valence-corrected chi connectivity index (χ3v) is 11.2. The Kier molecular flexibility index (Phi) is 36.4. The zero-order chi connectivity index (χ0) is 44.7. The lowest BCUT2D eigenvalue weighted by molar-refractivity contribution is -0.161. The molecule has 3 unspecified atom stereocenters. The summed E-state index contributed by atoms with van der Waals surface area (Å²) in [6, 6.07) is 0. The highest BCUT2D eigenvalue weighted by molar-refractivity contribution is 7.47. The highest BCUT2D eigenvalue weighted by Crippen LogP contribution is 2.43. The monoisotopic (exact) mass is 881 g/mol. The number of ether oxygens (including phenoxy) is 3. The molecule has 1 rings (SSSR count). The van der Waals surface area contributed by atoms with Crippen molar-refractivity contribution in [2.24, 2.45) is 5.92 Å². The number of unbranched alkanes of at least 4 members (excludes halogenated alkanes) is 14. The number of carbonyl (C=O) groups excluding carboxylic acids is 2. The lowest BCUT2D eigenvalue weighted by Crippen LogP contribution is -2.29. The largest absolute Gasteiger partial charge is 0.472 e. The Hall–Kier alpha value is -2.37. The van der Waals surface area contributed by atoms with Crippen molar-refractivity contribution in [2.45, 2.75) is 206 Å². The molecule has 1 fully saturated rings. The summed E-state index contributed by atoms with van der Waals surface area (Å²) >= 11 is 0. The van der Waals surface area contributed by atoms with Crippen molar-refractivity contribution in [2.75, 3.05) is 26.4 Å². The van der Waals surface area contributed by atoms with Gasteiger partial charge in [0, 0.05) is 12.8 Å². The molecule has 1 heterocycles. The summed E-state index contributed by atoms with van der Waals surface area (Å²) in [5, 5.41) is 18.4. The molecule has 0 aliphatic carbocycles. The molecule has 0 amide bonds. The number of hydrogen-bond donors (Lipinski definition) is 3. The summed E-state index contributed by atoms with van der Waals surface area (Å²) < 4.78 is 38.4. The van der Waals surface area contributed by atoms with Gasteiger partial charge in [-0.3, -0.25) is 18.6 Å². The van der Waals surface area contributed by atoms with E-state index in [0.29, 0.717) is 25.0 Å². The van der Waals surface area contributed by atoms with Gasteiger partial charge in [0.2, 0.25) is 0 Å². The lowest BCUT2D eigenvalue weighted by atomic mass is 10.0. The lowest BCUT2D eigenvalue weighted by Gasteiger charge is -2.20. The summed E-state index contributed by atoms with van der Waals surface area (Å²) in [6.07, 6.45) is 45.3. The van der Waals surface area contributed by atoms with Gasteiger partial charge in [0.15, 0.2) is 6.10 Å². The normalized spacial score (nSPS) is 17.7. The number of esters is 2. The molecule has 0 saturated carbocycles. The maximum Gasteiger partial charge on any atom is 0.472 e. The first-order valence-corrected chi connectivity index (χ1v) is 25.2. The van der Waals surface area contributed by atoms with E-state index in [1.165, 1.54) is 77.0 Å². The van der Waals surface area contributed by atoms with Crippen molar-refractivity contribution in [1.29, 1.82) is 0 Å². The van der Waals surface area contributed by atoms with Gasteiger partial charge in [0.25, 0.3) is 0 Å². The van der Waals surface area contributed by atoms with Crippen molar-refractivity contribution in [3.05, 3.63) is 60.8 Å². The van der Waals surface area contributed by atoms with E-state index in [2.05, 4.69) is 73.9 Å². The van der Waals surface area contributed by atoms with E-state index >= 15 is 0 Å². The van der Waals surface area contributed by atoms with Crippen LogP contribution in [-0.4, -0.2) is 77.9 Å². The Morgan fingerprint density at radius 2 is 1.10 bits per heavy atom. The van der Waals surface area contributed by atoms with Gasteiger partial charge in [0.05, 0.1) is 32.0 Å². The number of carbonyl (C=O) groups is 2. The van der Waals surface area contributed by atoms with E-state index < -0.39 is 51.8 Å². The molecule has 61 heavy (non-hydrogen) atoms. The minimum absolute atomic E-state index is 0.0547. The van der Waals surface area contributed by atoms with Gasteiger partial charge in [-0.2, -0.15) is 0 Å². The molecule has 0 bridgehead atoms. The second-order valence-corrected chi connectivity index (χ2v) is 18.1. The minimum atomic E-state index is -4.65. The maximum atomic E-state index is 12.6. The van der Waals surface area contributed by atoms with Crippen LogP contribution in [0.25, 0.3) is 0 Å².